The van der Waals surface area contributed by atoms with E-state index in [1.165, 1.54) is 0 Å². The van der Waals surface area contributed by atoms with Gasteiger partial charge in [-0.05, 0) is 35.4 Å². The molecule has 3 rings (SSSR count). The normalized spacial score (nSPS) is 14.6. The molecule has 1 aliphatic rings. The van der Waals surface area contributed by atoms with Crippen LogP contribution < -0.4 is 9.47 Å². The van der Waals surface area contributed by atoms with E-state index in [1.54, 1.807) is 7.11 Å². The first-order valence-corrected chi connectivity index (χ1v) is 7.25. The lowest BCUT2D eigenvalue weighted by molar-refractivity contribution is 0.214. The smallest absolute Gasteiger partial charge is 0.126 e. The third-order valence-corrected chi connectivity index (χ3v) is 4.01. The van der Waals surface area contributed by atoms with Crippen molar-refractivity contribution in [1.82, 2.24) is 0 Å². The van der Waals surface area contributed by atoms with Crippen molar-refractivity contribution in [3.05, 3.63) is 57.6 Å². The van der Waals surface area contributed by atoms with Gasteiger partial charge in [0.05, 0.1) is 13.7 Å². The molecule has 1 N–H and O–H groups in total. The Balaban J connectivity index is 1.98. The molecule has 20 heavy (non-hydrogen) atoms. The Hall–Kier alpha value is -1.52. The first-order chi connectivity index (χ1) is 9.69. The number of aliphatic hydroxyl groups excluding tert-OH is 1. The highest BCUT2D eigenvalue weighted by Gasteiger charge is 2.19. The van der Waals surface area contributed by atoms with Crippen molar-refractivity contribution >= 4 is 15.9 Å². The summed E-state index contributed by atoms with van der Waals surface area (Å²) in [5, 5.41) is 10.6. The summed E-state index contributed by atoms with van der Waals surface area (Å²) in [5.74, 6) is 1.59. The number of methoxy groups -OCH3 is 1. The molecule has 1 unspecified atom stereocenters. The minimum absolute atomic E-state index is 0.670. The summed E-state index contributed by atoms with van der Waals surface area (Å²) < 4.78 is 11.8. The molecule has 104 valence electrons. The fourth-order valence-electron chi connectivity index (χ4n) is 2.47. The Morgan fingerprint density at radius 1 is 1.25 bits per heavy atom. The number of aliphatic hydroxyl groups is 1. The molecular formula is C16H15BrO3. The van der Waals surface area contributed by atoms with Gasteiger partial charge >= 0.3 is 0 Å². The predicted octanol–water partition coefficient (Wildman–Crippen LogP) is 3.47. The van der Waals surface area contributed by atoms with Crippen LogP contribution in [-0.2, 0) is 6.42 Å². The van der Waals surface area contributed by atoms with Crippen LogP contribution in [0.2, 0.25) is 0 Å². The van der Waals surface area contributed by atoms with Crippen LogP contribution in [0.4, 0.5) is 0 Å². The Morgan fingerprint density at radius 2 is 2.10 bits per heavy atom. The molecule has 0 spiro atoms. The average molecular weight is 335 g/mol. The number of rotatable bonds is 3. The van der Waals surface area contributed by atoms with Crippen molar-refractivity contribution in [2.75, 3.05) is 13.7 Å². The zero-order valence-electron chi connectivity index (χ0n) is 11.1. The van der Waals surface area contributed by atoms with Crippen molar-refractivity contribution in [1.29, 1.82) is 0 Å². The van der Waals surface area contributed by atoms with Gasteiger partial charge < -0.3 is 14.6 Å². The molecule has 0 amide bonds. The summed E-state index contributed by atoms with van der Waals surface area (Å²) in [5.41, 5.74) is 2.77. The molecule has 0 bridgehead atoms. The minimum Gasteiger partial charge on any atom is -0.496 e. The van der Waals surface area contributed by atoms with Crippen molar-refractivity contribution in [3.63, 3.8) is 0 Å². The maximum atomic E-state index is 10.6. The molecule has 1 heterocycles. The largest absolute Gasteiger partial charge is 0.496 e. The molecule has 2 aromatic rings. The van der Waals surface area contributed by atoms with Crippen LogP contribution in [0.1, 0.15) is 22.8 Å². The summed E-state index contributed by atoms with van der Waals surface area (Å²) >= 11 is 3.40. The van der Waals surface area contributed by atoms with Gasteiger partial charge in [-0.1, -0.05) is 28.1 Å². The van der Waals surface area contributed by atoms with Crippen LogP contribution in [0.25, 0.3) is 0 Å². The number of hydrogen-bond donors (Lipinski definition) is 1. The van der Waals surface area contributed by atoms with Crippen LogP contribution in [0.15, 0.2) is 40.9 Å². The molecule has 0 radical (unpaired) electrons. The van der Waals surface area contributed by atoms with E-state index in [-0.39, 0.29) is 0 Å². The molecule has 0 aromatic heterocycles. The Bertz CT molecular complexity index is 640. The standard InChI is InChI=1S/C16H15BrO3/c1-19-15-9-12(17)3-4-13(15)16(18)11-2-5-14-10(8-11)6-7-20-14/h2-5,8-9,16,18H,6-7H2,1H3. The first kappa shape index (κ1) is 13.5. The number of benzene rings is 2. The predicted molar refractivity (Wildman–Crippen MR) is 80.4 cm³/mol. The van der Waals surface area contributed by atoms with Gasteiger partial charge in [0.15, 0.2) is 0 Å². The van der Waals surface area contributed by atoms with Crippen molar-refractivity contribution in [3.8, 4) is 11.5 Å². The second-order valence-electron chi connectivity index (χ2n) is 4.75. The zero-order chi connectivity index (χ0) is 14.1. The maximum absolute atomic E-state index is 10.6. The fourth-order valence-corrected chi connectivity index (χ4v) is 2.81. The molecule has 4 heteroatoms. The van der Waals surface area contributed by atoms with Crippen LogP contribution in [-0.4, -0.2) is 18.8 Å². The van der Waals surface area contributed by atoms with E-state index >= 15 is 0 Å². The lowest BCUT2D eigenvalue weighted by Gasteiger charge is -2.16. The highest BCUT2D eigenvalue weighted by Crippen LogP contribution is 2.35. The van der Waals surface area contributed by atoms with E-state index in [1.807, 2.05) is 36.4 Å². The van der Waals surface area contributed by atoms with Crippen molar-refractivity contribution in [2.45, 2.75) is 12.5 Å². The quantitative estimate of drug-likeness (QED) is 0.933. The second-order valence-corrected chi connectivity index (χ2v) is 5.67. The molecule has 2 aromatic carbocycles. The molecule has 0 aliphatic carbocycles. The Labute approximate surface area is 126 Å². The van der Waals surface area contributed by atoms with Crippen LogP contribution >= 0.6 is 15.9 Å². The molecule has 0 fully saturated rings. The van der Waals surface area contributed by atoms with E-state index in [9.17, 15) is 5.11 Å². The van der Waals surface area contributed by atoms with E-state index in [0.29, 0.717) is 5.75 Å². The summed E-state index contributed by atoms with van der Waals surface area (Å²) in [6.45, 7) is 0.719. The Kier molecular flexibility index (Phi) is 3.68. The first-order valence-electron chi connectivity index (χ1n) is 6.46. The molecule has 3 nitrogen and oxygen atoms in total. The van der Waals surface area contributed by atoms with E-state index < -0.39 is 6.10 Å². The zero-order valence-corrected chi connectivity index (χ0v) is 12.7. The van der Waals surface area contributed by atoms with Gasteiger partial charge in [0, 0.05) is 16.5 Å². The Morgan fingerprint density at radius 3 is 2.90 bits per heavy atom. The van der Waals surface area contributed by atoms with Crippen LogP contribution in [0.3, 0.4) is 0 Å². The summed E-state index contributed by atoms with van der Waals surface area (Å²) in [4.78, 5) is 0. The topological polar surface area (TPSA) is 38.7 Å². The average Bonchev–Trinajstić information content (AvgIpc) is 2.93. The van der Waals surface area contributed by atoms with Crippen molar-refractivity contribution in [2.24, 2.45) is 0 Å². The summed E-state index contributed by atoms with van der Waals surface area (Å²) in [6, 6.07) is 11.5. The second kappa shape index (κ2) is 5.46. The third-order valence-electron chi connectivity index (χ3n) is 3.52. The lowest BCUT2D eigenvalue weighted by atomic mass is 9.98. The third kappa shape index (κ3) is 2.41. The summed E-state index contributed by atoms with van der Waals surface area (Å²) in [7, 11) is 1.61. The highest BCUT2D eigenvalue weighted by atomic mass is 79.9. The SMILES string of the molecule is COc1cc(Br)ccc1C(O)c1ccc2c(c1)CCO2. The number of fused-ring (bicyclic) bond motifs is 1. The van der Waals surface area contributed by atoms with Crippen LogP contribution in [0, 0.1) is 0 Å². The van der Waals surface area contributed by atoms with Gasteiger partial charge in [0.25, 0.3) is 0 Å². The molecule has 1 aliphatic heterocycles. The number of hydrogen-bond acceptors (Lipinski definition) is 3. The van der Waals surface area contributed by atoms with Gasteiger partial charge in [-0.15, -0.1) is 0 Å². The monoisotopic (exact) mass is 334 g/mol. The van der Waals surface area contributed by atoms with E-state index in [4.69, 9.17) is 9.47 Å². The summed E-state index contributed by atoms with van der Waals surface area (Å²) in [6.07, 6.45) is 0.192. The van der Waals surface area contributed by atoms with E-state index in [2.05, 4.69) is 15.9 Å². The van der Waals surface area contributed by atoms with Gasteiger partial charge in [-0.3, -0.25) is 0 Å². The fraction of sp³-hybridized carbons (Fsp3) is 0.250. The van der Waals surface area contributed by atoms with Gasteiger partial charge in [0.1, 0.15) is 17.6 Å². The lowest BCUT2D eigenvalue weighted by Crippen LogP contribution is -2.03. The maximum Gasteiger partial charge on any atom is 0.126 e. The molecule has 0 saturated heterocycles. The van der Waals surface area contributed by atoms with E-state index in [0.717, 1.165) is 39.9 Å². The van der Waals surface area contributed by atoms with Gasteiger partial charge in [-0.25, -0.2) is 0 Å². The number of ether oxygens (including phenoxy) is 2. The molecule has 1 atom stereocenters. The highest BCUT2D eigenvalue weighted by molar-refractivity contribution is 9.10. The molecular weight excluding hydrogens is 320 g/mol. The molecule has 0 saturated carbocycles. The van der Waals surface area contributed by atoms with Crippen LogP contribution in [0.5, 0.6) is 11.5 Å². The van der Waals surface area contributed by atoms with Gasteiger partial charge in [0.2, 0.25) is 0 Å². The number of halogens is 1. The van der Waals surface area contributed by atoms with Crippen molar-refractivity contribution < 1.29 is 14.6 Å². The van der Waals surface area contributed by atoms with Gasteiger partial charge in [-0.2, -0.15) is 0 Å². The minimum atomic E-state index is -0.705.